The van der Waals surface area contributed by atoms with Crippen LogP contribution in [0.4, 0.5) is 10.1 Å². The van der Waals surface area contributed by atoms with Crippen molar-refractivity contribution in [2.24, 2.45) is 0 Å². The van der Waals surface area contributed by atoms with Gasteiger partial charge in [0.2, 0.25) is 11.8 Å². The van der Waals surface area contributed by atoms with Crippen molar-refractivity contribution in [1.29, 1.82) is 0 Å². The van der Waals surface area contributed by atoms with E-state index in [4.69, 9.17) is 0 Å². The van der Waals surface area contributed by atoms with Gasteiger partial charge < -0.3 is 10.2 Å². The summed E-state index contributed by atoms with van der Waals surface area (Å²) in [4.78, 5) is 28.1. The summed E-state index contributed by atoms with van der Waals surface area (Å²) in [7, 11) is -4.23. The number of amides is 2. The molecule has 208 valence electrons. The first-order valence-corrected chi connectivity index (χ1v) is 14.5. The van der Waals surface area contributed by atoms with Crippen LogP contribution >= 0.6 is 0 Å². The van der Waals surface area contributed by atoms with Gasteiger partial charge in [-0.05, 0) is 75.6 Å². The molecular weight excluding hydrogens is 517 g/mol. The van der Waals surface area contributed by atoms with E-state index in [0.29, 0.717) is 6.42 Å². The van der Waals surface area contributed by atoms with Gasteiger partial charge in [-0.3, -0.25) is 13.9 Å². The molecule has 0 aliphatic rings. The monoisotopic (exact) mass is 553 g/mol. The summed E-state index contributed by atoms with van der Waals surface area (Å²) in [6.07, 6.45) is 1.22. The molecule has 0 spiro atoms. The molecular formula is C30H36FN3O4S. The molecule has 3 rings (SSSR count). The lowest BCUT2D eigenvalue weighted by Gasteiger charge is -2.32. The minimum atomic E-state index is -4.23. The van der Waals surface area contributed by atoms with E-state index in [1.54, 1.807) is 31.2 Å². The van der Waals surface area contributed by atoms with Crippen LogP contribution in [0.25, 0.3) is 0 Å². The van der Waals surface area contributed by atoms with Crippen molar-refractivity contribution in [1.82, 2.24) is 10.2 Å². The normalized spacial score (nSPS) is 12.8. The van der Waals surface area contributed by atoms with Gasteiger partial charge in [-0.15, -0.1) is 0 Å². The van der Waals surface area contributed by atoms with Crippen LogP contribution in [0.15, 0.2) is 83.8 Å². The summed E-state index contributed by atoms with van der Waals surface area (Å²) < 4.78 is 42.0. The van der Waals surface area contributed by atoms with E-state index < -0.39 is 34.3 Å². The lowest BCUT2D eigenvalue weighted by Crippen LogP contribution is -2.53. The Balaban J connectivity index is 1.96. The van der Waals surface area contributed by atoms with Gasteiger partial charge >= 0.3 is 0 Å². The van der Waals surface area contributed by atoms with Crippen molar-refractivity contribution in [3.63, 3.8) is 0 Å². The van der Waals surface area contributed by atoms with Crippen LogP contribution in [0.2, 0.25) is 0 Å². The van der Waals surface area contributed by atoms with Gasteiger partial charge in [-0.2, -0.15) is 0 Å². The van der Waals surface area contributed by atoms with E-state index in [2.05, 4.69) is 5.32 Å². The van der Waals surface area contributed by atoms with Crippen molar-refractivity contribution in [3.8, 4) is 0 Å². The highest BCUT2D eigenvalue weighted by Crippen LogP contribution is 2.25. The number of halogens is 1. The smallest absolute Gasteiger partial charge is 0.264 e. The molecule has 0 aliphatic heterocycles. The highest BCUT2D eigenvalue weighted by Gasteiger charge is 2.32. The summed E-state index contributed by atoms with van der Waals surface area (Å²) in [5, 5.41) is 2.92. The number of rotatable bonds is 12. The number of hydrogen-bond donors (Lipinski definition) is 1. The van der Waals surface area contributed by atoms with Gasteiger partial charge in [0.1, 0.15) is 18.4 Å². The first kappa shape index (κ1) is 29.8. The Labute approximate surface area is 230 Å². The van der Waals surface area contributed by atoms with E-state index in [1.165, 1.54) is 17.0 Å². The minimum absolute atomic E-state index is 0.0751. The number of hydrogen-bond acceptors (Lipinski definition) is 4. The fourth-order valence-corrected chi connectivity index (χ4v) is 5.42. The zero-order valence-electron chi connectivity index (χ0n) is 22.8. The zero-order chi connectivity index (χ0) is 28.6. The van der Waals surface area contributed by atoms with Gasteiger partial charge in [-0.1, -0.05) is 55.0 Å². The van der Waals surface area contributed by atoms with Crippen LogP contribution in [0, 0.1) is 12.7 Å². The Hall–Kier alpha value is -3.72. The van der Waals surface area contributed by atoms with Gasteiger partial charge in [0.25, 0.3) is 10.0 Å². The number of anilines is 1. The Kier molecular flexibility index (Phi) is 10.2. The van der Waals surface area contributed by atoms with Crippen molar-refractivity contribution in [3.05, 3.63) is 95.8 Å². The molecule has 0 saturated carbocycles. The maximum atomic E-state index is 13.8. The predicted molar refractivity (Wildman–Crippen MR) is 151 cm³/mol. The summed E-state index contributed by atoms with van der Waals surface area (Å²) in [5.74, 6) is -1.40. The first-order chi connectivity index (χ1) is 18.5. The Morgan fingerprint density at radius 1 is 0.923 bits per heavy atom. The highest BCUT2D eigenvalue weighted by atomic mass is 32.2. The van der Waals surface area contributed by atoms with Crippen molar-refractivity contribution in [2.45, 2.75) is 57.5 Å². The largest absolute Gasteiger partial charge is 0.352 e. The predicted octanol–water partition coefficient (Wildman–Crippen LogP) is 4.70. The average Bonchev–Trinajstić information content (AvgIpc) is 2.93. The molecule has 39 heavy (non-hydrogen) atoms. The molecule has 0 aliphatic carbocycles. The molecule has 3 aromatic carbocycles. The van der Waals surface area contributed by atoms with Crippen molar-refractivity contribution < 1.29 is 22.4 Å². The van der Waals surface area contributed by atoms with Crippen LogP contribution in [0.5, 0.6) is 0 Å². The topological polar surface area (TPSA) is 86.8 Å². The summed E-state index contributed by atoms with van der Waals surface area (Å²) in [6.45, 7) is 7.04. The number of aryl methyl sites for hydroxylation is 1. The Morgan fingerprint density at radius 3 is 2.13 bits per heavy atom. The molecule has 9 heteroatoms. The number of carbonyl (C=O) groups excluding carboxylic acids is 2. The average molecular weight is 554 g/mol. The van der Waals surface area contributed by atoms with Crippen molar-refractivity contribution in [2.75, 3.05) is 17.4 Å². The van der Waals surface area contributed by atoms with E-state index in [9.17, 15) is 22.4 Å². The third kappa shape index (κ3) is 7.89. The van der Waals surface area contributed by atoms with Gasteiger partial charge in [-0.25, -0.2) is 12.8 Å². The minimum Gasteiger partial charge on any atom is -0.352 e. The maximum absolute atomic E-state index is 13.8. The Bertz CT molecular complexity index is 1350. The summed E-state index contributed by atoms with van der Waals surface area (Å²) in [5.41, 5.74) is 2.20. The molecule has 2 amide bonds. The molecule has 0 heterocycles. The van der Waals surface area contributed by atoms with E-state index >= 15 is 0 Å². The van der Waals surface area contributed by atoms with Crippen molar-refractivity contribution >= 4 is 27.5 Å². The van der Waals surface area contributed by atoms with Crippen LogP contribution in [0.1, 0.15) is 38.3 Å². The molecule has 0 radical (unpaired) electrons. The molecule has 7 nitrogen and oxygen atoms in total. The highest BCUT2D eigenvalue weighted by molar-refractivity contribution is 7.92. The molecule has 0 unspecified atom stereocenters. The number of nitrogens with zero attached hydrogens (tertiary/aromatic N) is 2. The summed E-state index contributed by atoms with van der Waals surface area (Å²) >= 11 is 0. The second kappa shape index (κ2) is 13.4. The molecule has 2 atom stereocenters. The quantitative estimate of drug-likeness (QED) is 0.352. The fraction of sp³-hybridized carbons (Fsp3) is 0.333. The SMILES string of the molecule is CC[C@H](C)NC(=O)[C@@H](C)N(CCc1ccccc1)C(=O)CN(c1ccc(C)cc1)S(=O)(=O)c1ccc(F)cc1. The molecule has 0 bridgehead atoms. The lowest BCUT2D eigenvalue weighted by molar-refractivity contribution is -0.139. The first-order valence-electron chi connectivity index (χ1n) is 13.0. The lowest BCUT2D eigenvalue weighted by atomic mass is 10.1. The fourth-order valence-electron chi connectivity index (χ4n) is 4.01. The second-order valence-electron chi connectivity index (χ2n) is 9.62. The Morgan fingerprint density at radius 2 is 1.54 bits per heavy atom. The zero-order valence-corrected chi connectivity index (χ0v) is 23.6. The number of carbonyl (C=O) groups is 2. The van der Waals surface area contributed by atoms with Gasteiger partial charge in [0.05, 0.1) is 10.6 Å². The third-order valence-corrected chi connectivity index (χ3v) is 8.44. The third-order valence-electron chi connectivity index (χ3n) is 6.65. The van der Waals surface area contributed by atoms with Gasteiger partial charge in [0, 0.05) is 12.6 Å². The standard InChI is InChI=1S/C30H36FN3O4S/c1-5-23(3)32-30(36)24(4)33(20-19-25-9-7-6-8-10-25)29(35)21-34(27-15-11-22(2)12-16-27)39(37,38)28-17-13-26(31)14-18-28/h6-18,23-24H,5,19-21H2,1-4H3,(H,32,36)/t23-,24+/m0/s1. The van der Waals surface area contributed by atoms with Crippen LogP contribution in [-0.2, 0) is 26.0 Å². The number of benzene rings is 3. The van der Waals surface area contributed by atoms with E-state index in [-0.39, 0.29) is 29.1 Å². The molecule has 0 fully saturated rings. The second-order valence-corrected chi connectivity index (χ2v) is 11.5. The summed E-state index contributed by atoms with van der Waals surface area (Å²) in [6, 6.07) is 19.9. The maximum Gasteiger partial charge on any atom is 0.264 e. The number of nitrogens with one attached hydrogen (secondary N) is 1. The van der Waals surface area contributed by atoms with Crippen LogP contribution in [-0.4, -0.2) is 50.3 Å². The van der Waals surface area contributed by atoms with Crippen LogP contribution < -0.4 is 9.62 Å². The molecule has 1 N–H and O–H groups in total. The van der Waals surface area contributed by atoms with Gasteiger partial charge in [0.15, 0.2) is 0 Å². The number of sulfonamides is 1. The molecule has 0 aromatic heterocycles. The van der Waals surface area contributed by atoms with Crippen LogP contribution in [0.3, 0.4) is 0 Å². The van der Waals surface area contributed by atoms with E-state index in [0.717, 1.165) is 34.0 Å². The molecule has 0 saturated heterocycles. The molecule has 3 aromatic rings. The van der Waals surface area contributed by atoms with E-state index in [1.807, 2.05) is 51.1 Å².